The molecule has 92 valence electrons. The van der Waals surface area contributed by atoms with Crippen molar-refractivity contribution >= 4 is 23.5 Å². The molecule has 0 atom stereocenters. The number of benzene rings is 1. The number of halogens is 1. The van der Waals surface area contributed by atoms with Gasteiger partial charge >= 0.3 is 0 Å². The molecule has 17 heavy (non-hydrogen) atoms. The van der Waals surface area contributed by atoms with E-state index < -0.39 is 0 Å². The van der Waals surface area contributed by atoms with Crippen molar-refractivity contribution in [3.63, 3.8) is 0 Å². The number of hydrogen-bond acceptors (Lipinski definition) is 2. The zero-order chi connectivity index (χ0) is 12.5. The van der Waals surface area contributed by atoms with Gasteiger partial charge in [-0.3, -0.25) is 5.43 Å². The first-order valence-electron chi connectivity index (χ1n) is 5.55. The molecule has 2 N–H and O–H groups in total. The summed E-state index contributed by atoms with van der Waals surface area (Å²) >= 11 is 5.01. The first-order chi connectivity index (χ1) is 8.22. The summed E-state index contributed by atoms with van der Waals surface area (Å²) < 4.78 is 12.6. The summed E-state index contributed by atoms with van der Waals surface area (Å²) in [5, 5.41) is 7.47. The van der Waals surface area contributed by atoms with E-state index in [2.05, 4.69) is 22.8 Å². The average Bonchev–Trinajstić information content (AvgIpc) is 2.32. The smallest absolute Gasteiger partial charge is 0.186 e. The third kappa shape index (κ3) is 5.97. The first-order valence-corrected chi connectivity index (χ1v) is 5.95. The van der Waals surface area contributed by atoms with Crippen LogP contribution in [0.15, 0.2) is 29.4 Å². The van der Waals surface area contributed by atoms with Crippen molar-refractivity contribution in [3.8, 4) is 0 Å². The number of hydrogen-bond donors (Lipinski definition) is 2. The summed E-state index contributed by atoms with van der Waals surface area (Å²) in [6.45, 7) is 2.96. The first kappa shape index (κ1) is 13.6. The Morgan fingerprint density at radius 3 is 2.76 bits per heavy atom. The number of hydrazone groups is 1. The van der Waals surface area contributed by atoms with E-state index in [0.29, 0.717) is 5.11 Å². The van der Waals surface area contributed by atoms with E-state index in [4.69, 9.17) is 12.2 Å². The molecule has 0 aliphatic heterocycles. The van der Waals surface area contributed by atoms with Crippen LogP contribution in [0.25, 0.3) is 0 Å². The fourth-order valence-corrected chi connectivity index (χ4v) is 1.29. The van der Waals surface area contributed by atoms with E-state index in [1.165, 1.54) is 12.1 Å². The van der Waals surface area contributed by atoms with E-state index in [-0.39, 0.29) is 5.82 Å². The van der Waals surface area contributed by atoms with Crippen molar-refractivity contribution in [2.75, 3.05) is 6.54 Å². The third-order valence-electron chi connectivity index (χ3n) is 2.07. The zero-order valence-corrected chi connectivity index (χ0v) is 10.6. The van der Waals surface area contributed by atoms with Gasteiger partial charge in [-0.25, -0.2) is 4.39 Å². The second-order valence-corrected chi connectivity index (χ2v) is 3.94. The molecule has 0 unspecified atom stereocenters. The Balaban J connectivity index is 2.29. The largest absolute Gasteiger partial charge is 0.361 e. The molecule has 0 aliphatic rings. The lowest BCUT2D eigenvalue weighted by atomic mass is 10.2. The number of nitrogens with zero attached hydrogens (tertiary/aromatic N) is 1. The van der Waals surface area contributed by atoms with Gasteiger partial charge in [-0.05, 0) is 36.3 Å². The normalized spacial score (nSPS) is 10.5. The Morgan fingerprint density at radius 2 is 2.12 bits per heavy atom. The van der Waals surface area contributed by atoms with Crippen LogP contribution < -0.4 is 10.7 Å². The van der Waals surface area contributed by atoms with Crippen molar-refractivity contribution in [3.05, 3.63) is 35.6 Å². The molecule has 0 heterocycles. The summed E-state index contributed by atoms with van der Waals surface area (Å²) in [5.74, 6) is -0.258. The minimum Gasteiger partial charge on any atom is -0.361 e. The molecule has 0 amide bonds. The van der Waals surface area contributed by atoms with Crippen molar-refractivity contribution in [1.82, 2.24) is 10.7 Å². The summed E-state index contributed by atoms with van der Waals surface area (Å²) in [5.41, 5.74) is 3.52. The standard InChI is InChI=1S/C12H16FN3S/c1-2-3-8-14-12(17)16-15-9-10-4-6-11(13)7-5-10/h4-7,9H,2-3,8H2,1H3,(H2,14,16,17). The molecule has 1 aromatic carbocycles. The molecule has 5 heteroatoms. The Labute approximate surface area is 106 Å². The maximum absolute atomic E-state index is 12.6. The quantitative estimate of drug-likeness (QED) is 0.366. The van der Waals surface area contributed by atoms with Crippen molar-refractivity contribution < 1.29 is 4.39 Å². The number of nitrogens with one attached hydrogen (secondary N) is 2. The predicted molar refractivity (Wildman–Crippen MR) is 72.6 cm³/mol. The Morgan fingerprint density at radius 1 is 1.41 bits per heavy atom. The van der Waals surface area contributed by atoms with Gasteiger partial charge in [-0.2, -0.15) is 5.10 Å². The molecule has 1 rings (SSSR count). The highest BCUT2D eigenvalue weighted by atomic mass is 32.1. The highest BCUT2D eigenvalue weighted by Crippen LogP contribution is 1.99. The van der Waals surface area contributed by atoms with Crippen molar-refractivity contribution in [2.45, 2.75) is 19.8 Å². The second-order valence-electron chi connectivity index (χ2n) is 3.53. The molecule has 0 saturated carbocycles. The molecule has 0 bridgehead atoms. The van der Waals surface area contributed by atoms with Crippen LogP contribution in [0.2, 0.25) is 0 Å². The Bertz CT molecular complexity index is 376. The van der Waals surface area contributed by atoms with Gasteiger partial charge in [-0.15, -0.1) is 0 Å². The molecular formula is C12H16FN3S. The number of thiocarbonyl (C=S) groups is 1. The molecule has 0 fully saturated rings. The summed E-state index contributed by atoms with van der Waals surface area (Å²) in [6.07, 6.45) is 3.78. The summed E-state index contributed by atoms with van der Waals surface area (Å²) in [4.78, 5) is 0. The van der Waals surface area contributed by atoms with E-state index in [1.54, 1.807) is 18.3 Å². The SMILES string of the molecule is CCCCNC(=S)NN=Cc1ccc(F)cc1. The second kappa shape index (κ2) is 7.73. The molecular weight excluding hydrogens is 237 g/mol. The third-order valence-corrected chi connectivity index (χ3v) is 2.30. The maximum Gasteiger partial charge on any atom is 0.186 e. The van der Waals surface area contributed by atoms with Gasteiger partial charge in [0.15, 0.2) is 5.11 Å². The van der Waals surface area contributed by atoms with E-state index in [0.717, 1.165) is 24.9 Å². The van der Waals surface area contributed by atoms with E-state index in [9.17, 15) is 4.39 Å². The molecule has 3 nitrogen and oxygen atoms in total. The van der Waals surface area contributed by atoms with Gasteiger partial charge in [0, 0.05) is 6.54 Å². The highest BCUT2D eigenvalue weighted by Gasteiger charge is 1.92. The lowest BCUT2D eigenvalue weighted by molar-refractivity contribution is 0.628. The topological polar surface area (TPSA) is 36.4 Å². The molecule has 0 aromatic heterocycles. The fraction of sp³-hybridized carbons (Fsp3) is 0.333. The lowest BCUT2D eigenvalue weighted by Gasteiger charge is -2.05. The number of unbranched alkanes of at least 4 members (excludes halogenated alkanes) is 1. The minimum atomic E-state index is -0.258. The molecule has 0 aliphatic carbocycles. The number of rotatable bonds is 5. The maximum atomic E-state index is 12.6. The van der Waals surface area contributed by atoms with Crippen molar-refractivity contribution in [2.24, 2.45) is 5.10 Å². The van der Waals surface area contributed by atoms with Crippen LogP contribution in [-0.4, -0.2) is 17.9 Å². The van der Waals surface area contributed by atoms with Gasteiger partial charge in [0.2, 0.25) is 0 Å². The van der Waals surface area contributed by atoms with Crippen LogP contribution in [0.1, 0.15) is 25.3 Å². The fourth-order valence-electron chi connectivity index (χ4n) is 1.13. The highest BCUT2D eigenvalue weighted by molar-refractivity contribution is 7.80. The molecule has 0 radical (unpaired) electrons. The molecule has 0 saturated heterocycles. The average molecular weight is 253 g/mol. The van der Waals surface area contributed by atoms with Crippen LogP contribution in [0.5, 0.6) is 0 Å². The van der Waals surface area contributed by atoms with Crippen LogP contribution in [-0.2, 0) is 0 Å². The lowest BCUT2D eigenvalue weighted by Crippen LogP contribution is -2.32. The van der Waals surface area contributed by atoms with Crippen LogP contribution >= 0.6 is 12.2 Å². The van der Waals surface area contributed by atoms with Gasteiger partial charge in [0.25, 0.3) is 0 Å². The monoisotopic (exact) mass is 253 g/mol. The van der Waals surface area contributed by atoms with Crippen LogP contribution in [0, 0.1) is 5.82 Å². The molecule has 0 spiro atoms. The summed E-state index contributed by atoms with van der Waals surface area (Å²) in [6, 6.07) is 6.07. The van der Waals surface area contributed by atoms with Gasteiger partial charge in [-0.1, -0.05) is 25.5 Å². The Kier molecular flexibility index (Phi) is 6.17. The zero-order valence-electron chi connectivity index (χ0n) is 9.74. The van der Waals surface area contributed by atoms with E-state index in [1.807, 2.05) is 0 Å². The van der Waals surface area contributed by atoms with Gasteiger partial charge in [0.1, 0.15) is 5.82 Å². The van der Waals surface area contributed by atoms with Gasteiger partial charge in [0.05, 0.1) is 6.21 Å². The van der Waals surface area contributed by atoms with Crippen LogP contribution in [0.3, 0.4) is 0 Å². The summed E-state index contributed by atoms with van der Waals surface area (Å²) in [7, 11) is 0. The van der Waals surface area contributed by atoms with Gasteiger partial charge < -0.3 is 5.32 Å². The predicted octanol–water partition coefficient (Wildman–Crippen LogP) is 2.42. The van der Waals surface area contributed by atoms with Crippen molar-refractivity contribution in [1.29, 1.82) is 0 Å². The molecule has 1 aromatic rings. The van der Waals surface area contributed by atoms with Crippen LogP contribution in [0.4, 0.5) is 4.39 Å². The van der Waals surface area contributed by atoms with E-state index >= 15 is 0 Å². The minimum absolute atomic E-state index is 0.258. The Hall–Kier alpha value is -1.49.